The van der Waals surface area contributed by atoms with Crippen LogP contribution in [0, 0.1) is 6.92 Å². The largest absolute Gasteiger partial charge is 1.00 e. The molecule has 0 aromatic carbocycles. The van der Waals surface area contributed by atoms with Gasteiger partial charge in [-0.2, -0.15) is 0 Å². The summed E-state index contributed by atoms with van der Waals surface area (Å²) in [5.74, 6) is 0. The molecule has 0 aliphatic heterocycles. The normalized spacial score (nSPS) is 7.20. The van der Waals surface area contributed by atoms with E-state index in [4.69, 9.17) is 0 Å². The molecular weight excluding hydrogens is 191 g/mol. The van der Waals surface area contributed by atoms with E-state index >= 15 is 0 Å². The Bertz CT molecular complexity index is 12.4. The number of halogens is 2. The average Bonchev–Trinajstić information content (AvgIpc) is 0.811. The van der Waals surface area contributed by atoms with E-state index in [2.05, 4.69) is 38.8 Å². The molecule has 0 saturated carbocycles. The van der Waals surface area contributed by atoms with E-state index in [1.165, 1.54) is 0 Å². The fraction of sp³-hybridized carbons (Fsp3) is 0.500. The maximum Gasteiger partial charge on any atom is 1.00 e. The first-order valence-corrected chi connectivity index (χ1v) is 2.68. The van der Waals surface area contributed by atoms with E-state index in [0.717, 1.165) is 0 Å². The molecule has 0 aliphatic rings. The quantitative estimate of drug-likeness (QED) is 0.262. The van der Waals surface area contributed by atoms with Crippen molar-refractivity contribution in [3.8, 4) is 0 Å². The van der Waals surface area contributed by atoms with Crippen LogP contribution >= 0.6 is 31.9 Å². The molecule has 0 nitrogen and oxygen atoms in total. The number of alkyl halides is 2. The van der Waals surface area contributed by atoms with Gasteiger partial charge in [-0.15, -0.1) is 31.9 Å². The second-order valence-corrected chi connectivity index (χ2v) is 3.83. The Kier molecular flexibility index (Phi) is 10.8. The van der Waals surface area contributed by atoms with Crippen LogP contribution in [0.15, 0.2) is 0 Å². The Morgan fingerprint density at radius 1 is 1.40 bits per heavy atom. The van der Waals surface area contributed by atoms with Crippen LogP contribution in [0.2, 0.25) is 0 Å². The summed E-state index contributed by atoms with van der Waals surface area (Å²) >= 11 is 6.15. The minimum absolute atomic E-state index is 0. The molecule has 0 spiro atoms. The zero-order valence-electron chi connectivity index (χ0n) is 3.04. The molecule has 26 valence electrons. The van der Waals surface area contributed by atoms with Gasteiger partial charge in [0.1, 0.15) is 0 Å². The molecule has 0 unspecified atom stereocenters. The van der Waals surface area contributed by atoms with E-state index in [1.807, 2.05) is 0 Å². The van der Waals surface area contributed by atoms with E-state index in [-0.39, 0.29) is 22.6 Å². The standard InChI is InChI=1S/C2H3Br2.Li/c1-2(3)4;/h2H,1H2;/q-1;+1. The van der Waals surface area contributed by atoms with Gasteiger partial charge in [0.05, 0.1) is 0 Å². The van der Waals surface area contributed by atoms with Gasteiger partial charge in [-0.25, -0.2) is 0 Å². The molecule has 0 saturated heterocycles. The molecule has 5 heavy (non-hydrogen) atoms. The van der Waals surface area contributed by atoms with Gasteiger partial charge in [0, 0.05) is 0 Å². The Labute approximate surface area is 61.1 Å². The zero-order chi connectivity index (χ0) is 3.58. The Morgan fingerprint density at radius 3 is 1.40 bits per heavy atom. The first-order chi connectivity index (χ1) is 1.73. The summed E-state index contributed by atoms with van der Waals surface area (Å²) in [6.45, 7) is 3.47. The van der Waals surface area contributed by atoms with Crippen molar-refractivity contribution in [2.75, 3.05) is 0 Å². The summed E-state index contributed by atoms with van der Waals surface area (Å²) < 4.78 is 0.208. The van der Waals surface area contributed by atoms with Crippen LogP contribution in [0.1, 0.15) is 0 Å². The Hall–Kier alpha value is 1.56. The van der Waals surface area contributed by atoms with Crippen molar-refractivity contribution < 1.29 is 18.9 Å². The van der Waals surface area contributed by atoms with Crippen molar-refractivity contribution in [1.29, 1.82) is 0 Å². The van der Waals surface area contributed by atoms with Gasteiger partial charge >= 0.3 is 18.9 Å². The summed E-state index contributed by atoms with van der Waals surface area (Å²) in [7, 11) is 0. The van der Waals surface area contributed by atoms with Crippen LogP contribution < -0.4 is 18.9 Å². The maximum atomic E-state index is 3.47. The van der Waals surface area contributed by atoms with Gasteiger partial charge in [-0.1, -0.05) is 3.74 Å². The molecule has 3 heteroatoms. The van der Waals surface area contributed by atoms with Crippen molar-refractivity contribution in [2.45, 2.75) is 3.74 Å². The topological polar surface area (TPSA) is 0 Å². The third-order valence-corrected chi connectivity index (χ3v) is 0. The molecule has 0 aliphatic carbocycles. The minimum Gasteiger partial charge on any atom is -0.319 e. The van der Waals surface area contributed by atoms with Crippen molar-refractivity contribution >= 4 is 31.9 Å². The summed E-state index contributed by atoms with van der Waals surface area (Å²) in [4.78, 5) is 0. The van der Waals surface area contributed by atoms with E-state index in [9.17, 15) is 0 Å². The van der Waals surface area contributed by atoms with Crippen LogP contribution in [0.4, 0.5) is 0 Å². The number of hydrogen-bond acceptors (Lipinski definition) is 0. The molecule has 0 radical (unpaired) electrons. The predicted octanol–water partition coefficient (Wildman–Crippen LogP) is -1.06. The molecular formula is C2H3Br2Li. The van der Waals surface area contributed by atoms with Crippen LogP contribution in [0.3, 0.4) is 0 Å². The zero-order valence-corrected chi connectivity index (χ0v) is 6.21. The Balaban J connectivity index is 0. The van der Waals surface area contributed by atoms with Crippen molar-refractivity contribution in [3.63, 3.8) is 0 Å². The molecule has 0 N–H and O–H groups in total. The third-order valence-electron chi connectivity index (χ3n) is 0. The molecule has 0 heterocycles. The van der Waals surface area contributed by atoms with E-state index in [0.29, 0.717) is 0 Å². The maximum absolute atomic E-state index is 3.47. The van der Waals surface area contributed by atoms with Crippen molar-refractivity contribution in [2.24, 2.45) is 0 Å². The molecule has 0 rings (SSSR count). The molecule has 0 atom stereocenters. The van der Waals surface area contributed by atoms with Crippen LogP contribution in [-0.2, 0) is 0 Å². The van der Waals surface area contributed by atoms with Gasteiger partial charge in [0.25, 0.3) is 0 Å². The SMILES string of the molecule is [CH2-]C(Br)Br.[Li+]. The molecule has 0 amide bonds. The molecule has 0 fully saturated rings. The van der Waals surface area contributed by atoms with E-state index in [1.54, 1.807) is 0 Å². The van der Waals surface area contributed by atoms with Gasteiger partial charge in [-0.3, -0.25) is 0 Å². The molecule has 0 aromatic rings. The van der Waals surface area contributed by atoms with Crippen LogP contribution in [-0.4, -0.2) is 3.74 Å². The monoisotopic (exact) mass is 192 g/mol. The van der Waals surface area contributed by atoms with Gasteiger partial charge in [0.15, 0.2) is 0 Å². The summed E-state index contributed by atoms with van der Waals surface area (Å²) in [5.41, 5.74) is 0. The summed E-state index contributed by atoms with van der Waals surface area (Å²) in [5, 5.41) is 0. The van der Waals surface area contributed by atoms with Gasteiger partial charge in [0.2, 0.25) is 0 Å². The fourth-order valence-electron chi connectivity index (χ4n) is 0. The summed E-state index contributed by atoms with van der Waals surface area (Å²) in [6, 6.07) is 0. The second kappa shape index (κ2) is 5.56. The first kappa shape index (κ1) is 9.75. The predicted molar refractivity (Wildman–Crippen MR) is 27.0 cm³/mol. The van der Waals surface area contributed by atoms with Gasteiger partial charge in [-0.05, 0) is 0 Å². The van der Waals surface area contributed by atoms with E-state index < -0.39 is 0 Å². The van der Waals surface area contributed by atoms with Crippen LogP contribution in [0.5, 0.6) is 0 Å². The van der Waals surface area contributed by atoms with Crippen molar-refractivity contribution in [3.05, 3.63) is 6.92 Å². The number of rotatable bonds is 0. The minimum atomic E-state index is 0. The Morgan fingerprint density at radius 2 is 1.40 bits per heavy atom. The molecule has 0 aromatic heterocycles. The fourth-order valence-corrected chi connectivity index (χ4v) is 0. The first-order valence-electron chi connectivity index (χ1n) is 0.845. The third kappa shape index (κ3) is 29.0. The van der Waals surface area contributed by atoms with Crippen molar-refractivity contribution in [1.82, 2.24) is 0 Å². The smallest absolute Gasteiger partial charge is 0.319 e. The van der Waals surface area contributed by atoms with Gasteiger partial charge < -0.3 is 6.92 Å². The number of hydrogen-bond donors (Lipinski definition) is 0. The van der Waals surface area contributed by atoms with Crippen LogP contribution in [0.25, 0.3) is 0 Å². The summed E-state index contributed by atoms with van der Waals surface area (Å²) in [6.07, 6.45) is 0. The second-order valence-electron chi connectivity index (χ2n) is 0.391. The molecule has 0 bridgehead atoms. The average molecular weight is 194 g/mol.